The first-order chi connectivity index (χ1) is 13.0. The zero-order chi connectivity index (χ0) is 18.9. The molecule has 0 aliphatic carbocycles. The lowest BCUT2D eigenvalue weighted by Gasteiger charge is -2.27. The highest BCUT2D eigenvalue weighted by atomic mass is 32.2. The van der Waals surface area contributed by atoms with Crippen LogP contribution in [0.15, 0.2) is 54.6 Å². The number of amides is 1. The Morgan fingerprint density at radius 1 is 1.11 bits per heavy atom. The molecule has 4 rings (SSSR count). The van der Waals surface area contributed by atoms with Gasteiger partial charge in [-0.1, -0.05) is 42.5 Å². The molecule has 1 atom stereocenters. The molecule has 1 amide bonds. The molecule has 0 bridgehead atoms. The number of aromatic amines is 1. The normalized spacial score (nSPS) is 18.6. The Bertz CT molecular complexity index is 1030. The van der Waals surface area contributed by atoms with E-state index in [1.165, 1.54) is 0 Å². The number of imidazole rings is 1. The third-order valence-electron chi connectivity index (χ3n) is 4.93. The lowest BCUT2D eigenvalue weighted by Crippen LogP contribution is -2.41. The van der Waals surface area contributed by atoms with E-state index in [4.69, 9.17) is 0 Å². The van der Waals surface area contributed by atoms with E-state index in [2.05, 4.69) is 9.97 Å². The monoisotopic (exact) mass is 383 g/mol. The number of hydrogen-bond donors (Lipinski definition) is 1. The van der Waals surface area contributed by atoms with Crippen molar-refractivity contribution < 1.29 is 13.2 Å². The standard InChI is InChI=1S/C20H21N3O3S/c24-20(12-15-6-2-1-3-7-15)23(16-10-11-27(25,26)14-16)13-19-21-17-8-4-5-9-18(17)22-19/h1-9,16H,10-14H2,(H,21,22). The topological polar surface area (TPSA) is 83.1 Å². The molecule has 1 saturated heterocycles. The first-order valence-corrected chi connectivity index (χ1v) is 10.8. The van der Waals surface area contributed by atoms with Crippen LogP contribution in [0, 0.1) is 0 Å². The molecule has 27 heavy (non-hydrogen) atoms. The smallest absolute Gasteiger partial charge is 0.227 e. The van der Waals surface area contributed by atoms with Gasteiger partial charge in [0.05, 0.1) is 35.5 Å². The maximum absolute atomic E-state index is 13.0. The molecule has 1 aliphatic rings. The van der Waals surface area contributed by atoms with Crippen LogP contribution in [0.1, 0.15) is 17.8 Å². The highest BCUT2D eigenvalue weighted by molar-refractivity contribution is 7.91. The van der Waals surface area contributed by atoms with Crippen molar-refractivity contribution in [1.29, 1.82) is 0 Å². The predicted octanol–water partition coefficient (Wildman–Crippen LogP) is 2.32. The minimum absolute atomic E-state index is 0.0216. The Morgan fingerprint density at radius 2 is 1.85 bits per heavy atom. The van der Waals surface area contributed by atoms with Crippen molar-refractivity contribution in [3.8, 4) is 0 Å². The summed E-state index contributed by atoms with van der Waals surface area (Å²) in [6.45, 7) is 0.278. The quantitative estimate of drug-likeness (QED) is 0.733. The Labute approximate surface area is 158 Å². The average Bonchev–Trinajstić information content (AvgIpc) is 3.22. The molecule has 3 aromatic rings. The van der Waals surface area contributed by atoms with Gasteiger partial charge in [-0.05, 0) is 24.1 Å². The number of benzene rings is 2. The van der Waals surface area contributed by atoms with Crippen LogP contribution in [0.5, 0.6) is 0 Å². The van der Waals surface area contributed by atoms with Gasteiger partial charge in [0, 0.05) is 6.04 Å². The Hall–Kier alpha value is -2.67. The molecule has 2 aromatic carbocycles. The number of rotatable bonds is 5. The number of nitrogens with one attached hydrogen (secondary N) is 1. The van der Waals surface area contributed by atoms with Crippen molar-refractivity contribution >= 4 is 26.8 Å². The van der Waals surface area contributed by atoms with E-state index in [1.807, 2.05) is 54.6 Å². The van der Waals surface area contributed by atoms with Gasteiger partial charge >= 0.3 is 0 Å². The first kappa shape index (κ1) is 17.7. The molecule has 2 heterocycles. The van der Waals surface area contributed by atoms with E-state index >= 15 is 0 Å². The van der Waals surface area contributed by atoms with Crippen molar-refractivity contribution in [2.24, 2.45) is 0 Å². The fourth-order valence-electron chi connectivity index (χ4n) is 3.56. The van der Waals surface area contributed by atoms with Gasteiger partial charge < -0.3 is 9.88 Å². The molecule has 7 heteroatoms. The van der Waals surface area contributed by atoms with Crippen molar-refractivity contribution in [3.63, 3.8) is 0 Å². The second-order valence-corrected chi connectivity index (χ2v) is 9.17. The summed E-state index contributed by atoms with van der Waals surface area (Å²) in [5.41, 5.74) is 2.65. The molecule has 1 unspecified atom stereocenters. The highest BCUT2D eigenvalue weighted by Gasteiger charge is 2.35. The summed E-state index contributed by atoms with van der Waals surface area (Å²) in [6, 6.07) is 16.9. The number of carbonyl (C=O) groups excluding carboxylic acids is 1. The van der Waals surface area contributed by atoms with E-state index in [0.717, 1.165) is 16.6 Å². The number of fused-ring (bicyclic) bond motifs is 1. The minimum atomic E-state index is -3.09. The van der Waals surface area contributed by atoms with Crippen molar-refractivity contribution in [2.75, 3.05) is 11.5 Å². The Balaban J connectivity index is 1.60. The lowest BCUT2D eigenvalue weighted by atomic mass is 10.1. The fourth-order valence-corrected chi connectivity index (χ4v) is 5.29. The number of para-hydroxylation sites is 2. The molecule has 0 radical (unpaired) electrons. The summed E-state index contributed by atoms with van der Waals surface area (Å²) in [7, 11) is -3.09. The van der Waals surface area contributed by atoms with Crippen LogP contribution in [0.2, 0.25) is 0 Å². The Morgan fingerprint density at radius 3 is 2.56 bits per heavy atom. The minimum Gasteiger partial charge on any atom is -0.340 e. The average molecular weight is 383 g/mol. The van der Waals surface area contributed by atoms with Crippen molar-refractivity contribution in [3.05, 3.63) is 66.0 Å². The number of aromatic nitrogens is 2. The van der Waals surface area contributed by atoms with Crippen molar-refractivity contribution in [1.82, 2.24) is 14.9 Å². The van der Waals surface area contributed by atoms with Gasteiger partial charge in [-0.15, -0.1) is 0 Å². The van der Waals surface area contributed by atoms with Crippen LogP contribution in [0.4, 0.5) is 0 Å². The maximum atomic E-state index is 13.0. The molecule has 1 N–H and O–H groups in total. The van der Waals surface area contributed by atoms with Gasteiger partial charge in [0.25, 0.3) is 0 Å². The molecule has 1 fully saturated rings. The summed E-state index contributed by atoms with van der Waals surface area (Å²) in [5, 5.41) is 0. The number of carbonyl (C=O) groups is 1. The zero-order valence-electron chi connectivity index (χ0n) is 14.8. The summed E-state index contributed by atoms with van der Waals surface area (Å²) in [5.74, 6) is 0.742. The third kappa shape index (κ3) is 4.03. The number of H-pyrrole nitrogens is 1. The summed E-state index contributed by atoms with van der Waals surface area (Å²) < 4.78 is 23.9. The second-order valence-electron chi connectivity index (χ2n) is 6.94. The number of hydrogen-bond acceptors (Lipinski definition) is 4. The van der Waals surface area contributed by atoms with Crippen LogP contribution in [0.3, 0.4) is 0 Å². The van der Waals surface area contributed by atoms with E-state index in [-0.39, 0.29) is 36.4 Å². The predicted molar refractivity (Wildman–Crippen MR) is 104 cm³/mol. The van der Waals surface area contributed by atoms with Gasteiger partial charge in [-0.3, -0.25) is 4.79 Å². The van der Waals surface area contributed by atoms with E-state index in [9.17, 15) is 13.2 Å². The molecule has 140 valence electrons. The molecular formula is C20H21N3O3S. The third-order valence-corrected chi connectivity index (χ3v) is 6.68. The SMILES string of the molecule is O=C(Cc1ccccc1)N(Cc1nc2ccccc2[nH]1)C1CCS(=O)(=O)C1. The van der Waals surface area contributed by atoms with E-state index < -0.39 is 9.84 Å². The summed E-state index contributed by atoms with van der Waals surface area (Å²) in [4.78, 5) is 22.5. The van der Waals surface area contributed by atoms with E-state index in [1.54, 1.807) is 4.90 Å². The van der Waals surface area contributed by atoms with Crippen molar-refractivity contribution in [2.45, 2.75) is 25.4 Å². The van der Waals surface area contributed by atoms with Crippen LogP contribution < -0.4 is 0 Å². The Kier molecular flexibility index (Phi) is 4.70. The molecule has 1 aliphatic heterocycles. The van der Waals surface area contributed by atoms with Gasteiger partial charge in [0.2, 0.25) is 5.91 Å². The molecular weight excluding hydrogens is 362 g/mol. The molecule has 0 saturated carbocycles. The second kappa shape index (κ2) is 7.15. The summed E-state index contributed by atoms with van der Waals surface area (Å²) in [6.07, 6.45) is 0.723. The van der Waals surface area contributed by atoms with E-state index in [0.29, 0.717) is 12.2 Å². The van der Waals surface area contributed by atoms with Gasteiger partial charge in [0.15, 0.2) is 9.84 Å². The number of sulfone groups is 1. The lowest BCUT2D eigenvalue weighted by molar-refractivity contribution is -0.133. The van der Waals surface area contributed by atoms with Gasteiger partial charge in [-0.2, -0.15) is 0 Å². The molecule has 6 nitrogen and oxygen atoms in total. The molecule has 0 spiro atoms. The van der Waals surface area contributed by atoms with Crippen LogP contribution >= 0.6 is 0 Å². The van der Waals surface area contributed by atoms with Gasteiger partial charge in [0.1, 0.15) is 5.82 Å². The summed E-state index contributed by atoms with van der Waals surface area (Å²) >= 11 is 0. The number of nitrogens with zero attached hydrogens (tertiary/aromatic N) is 2. The zero-order valence-corrected chi connectivity index (χ0v) is 15.7. The van der Waals surface area contributed by atoms with Crippen LogP contribution in [-0.2, 0) is 27.6 Å². The van der Waals surface area contributed by atoms with Gasteiger partial charge in [-0.25, -0.2) is 13.4 Å². The van der Waals surface area contributed by atoms with Crippen LogP contribution in [0.25, 0.3) is 11.0 Å². The molecule has 1 aromatic heterocycles. The first-order valence-electron chi connectivity index (χ1n) is 8.98. The highest BCUT2D eigenvalue weighted by Crippen LogP contribution is 2.21. The maximum Gasteiger partial charge on any atom is 0.227 e. The van der Waals surface area contributed by atoms with Crippen LogP contribution in [-0.4, -0.2) is 46.7 Å². The largest absolute Gasteiger partial charge is 0.340 e. The fraction of sp³-hybridized carbons (Fsp3) is 0.300.